The standard InChI is InChI=1S/C27H28N6O/c28-22-9-12-33(13-10-22)18-19-3-4-21-15-30-17-26(25(21)14-19)20-5-7-23(8-6-20)31-27(34)32-24-2-1-11-29-16-24/h1-8,11,14-17,22H,9-10,12-13,18,28H2,(H2,31,32,34). The summed E-state index contributed by atoms with van der Waals surface area (Å²) >= 11 is 0. The molecule has 7 nitrogen and oxygen atoms in total. The van der Waals surface area contributed by atoms with Crippen molar-refractivity contribution in [3.05, 3.63) is 84.9 Å². The Bertz CT molecular complexity index is 1270. The van der Waals surface area contributed by atoms with E-state index in [-0.39, 0.29) is 6.03 Å². The number of benzene rings is 2. The maximum absolute atomic E-state index is 12.3. The van der Waals surface area contributed by atoms with E-state index in [0.29, 0.717) is 17.4 Å². The number of amides is 2. The van der Waals surface area contributed by atoms with Crippen LogP contribution >= 0.6 is 0 Å². The summed E-state index contributed by atoms with van der Waals surface area (Å²) in [5.41, 5.74) is 10.8. The van der Waals surface area contributed by atoms with Crippen LogP contribution in [-0.2, 0) is 6.54 Å². The van der Waals surface area contributed by atoms with E-state index in [1.165, 1.54) is 10.9 Å². The van der Waals surface area contributed by atoms with E-state index in [1.807, 2.05) is 36.7 Å². The van der Waals surface area contributed by atoms with Gasteiger partial charge in [0.25, 0.3) is 0 Å². The lowest BCUT2D eigenvalue weighted by molar-refractivity contribution is 0.206. The summed E-state index contributed by atoms with van der Waals surface area (Å²) in [7, 11) is 0. The van der Waals surface area contributed by atoms with Gasteiger partial charge in [-0.05, 0) is 72.8 Å². The van der Waals surface area contributed by atoms with Crippen LogP contribution in [0.4, 0.5) is 16.2 Å². The fourth-order valence-corrected chi connectivity index (χ4v) is 4.37. The summed E-state index contributed by atoms with van der Waals surface area (Å²) < 4.78 is 0. The van der Waals surface area contributed by atoms with Crippen molar-refractivity contribution < 1.29 is 4.79 Å². The normalized spacial score (nSPS) is 14.7. The maximum atomic E-state index is 12.3. The smallest absolute Gasteiger partial charge is 0.323 e. The van der Waals surface area contributed by atoms with Crippen LogP contribution < -0.4 is 16.4 Å². The van der Waals surface area contributed by atoms with Gasteiger partial charge >= 0.3 is 6.03 Å². The highest BCUT2D eigenvalue weighted by Gasteiger charge is 2.16. The van der Waals surface area contributed by atoms with E-state index in [0.717, 1.165) is 49.0 Å². The predicted octanol–water partition coefficient (Wildman–Crippen LogP) is 4.86. The van der Waals surface area contributed by atoms with Crippen molar-refractivity contribution in [2.24, 2.45) is 5.73 Å². The number of anilines is 2. The van der Waals surface area contributed by atoms with Gasteiger partial charge in [0.15, 0.2) is 0 Å². The molecule has 2 aromatic heterocycles. The Balaban J connectivity index is 1.32. The molecule has 34 heavy (non-hydrogen) atoms. The summed E-state index contributed by atoms with van der Waals surface area (Å²) in [5, 5.41) is 7.91. The zero-order valence-electron chi connectivity index (χ0n) is 18.9. The zero-order valence-corrected chi connectivity index (χ0v) is 18.9. The number of rotatable bonds is 5. The number of carbonyl (C=O) groups is 1. The average Bonchev–Trinajstić information content (AvgIpc) is 2.86. The van der Waals surface area contributed by atoms with Gasteiger partial charge in [0.1, 0.15) is 0 Å². The Morgan fingerprint density at radius 3 is 2.50 bits per heavy atom. The largest absolute Gasteiger partial charge is 0.328 e. The van der Waals surface area contributed by atoms with E-state index >= 15 is 0 Å². The lowest BCUT2D eigenvalue weighted by atomic mass is 9.98. The average molecular weight is 453 g/mol. The minimum Gasteiger partial charge on any atom is -0.328 e. The first-order valence-corrected chi connectivity index (χ1v) is 11.6. The first kappa shape index (κ1) is 22.0. The summed E-state index contributed by atoms with van der Waals surface area (Å²) in [4.78, 5) is 23.2. The molecule has 7 heteroatoms. The molecule has 172 valence electrons. The molecule has 1 aliphatic rings. The minimum atomic E-state index is -0.309. The number of urea groups is 1. The van der Waals surface area contributed by atoms with Crippen molar-refractivity contribution in [2.75, 3.05) is 23.7 Å². The molecule has 5 rings (SSSR count). The van der Waals surface area contributed by atoms with Gasteiger partial charge in [0, 0.05) is 47.8 Å². The number of hydrogen-bond acceptors (Lipinski definition) is 5. The number of pyridine rings is 2. The quantitative estimate of drug-likeness (QED) is 0.402. The summed E-state index contributed by atoms with van der Waals surface area (Å²) in [6.45, 7) is 3.02. The topological polar surface area (TPSA) is 96.2 Å². The summed E-state index contributed by atoms with van der Waals surface area (Å²) in [6, 6.07) is 18.0. The van der Waals surface area contributed by atoms with Crippen molar-refractivity contribution in [3.8, 4) is 11.1 Å². The Morgan fingerprint density at radius 1 is 0.941 bits per heavy atom. The molecule has 1 aliphatic heterocycles. The van der Waals surface area contributed by atoms with Crippen molar-refractivity contribution in [1.82, 2.24) is 14.9 Å². The summed E-state index contributed by atoms with van der Waals surface area (Å²) in [6.07, 6.45) is 9.19. The summed E-state index contributed by atoms with van der Waals surface area (Å²) in [5.74, 6) is 0. The Kier molecular flexibility index (Phi) is 6.46. The van der Waals surface area contributed by atoms with Gasteiger partial charge in [-0.15, -0.1) is 0 Å². The number of nitrogens with zero attached hydrogens (tertiary/aromatic N) is 3. The molecule has 3 heterocycles. The highest BCUT2D eigenvalue weighted by Crippen LogP contribution is 2.30. The SMILES string of the molecule is NC1CCN(Cc2ccc3cncc(-c4ccc(NC(=O)Nc5cccnc5)cc4)c3c2)CC1. The molecule has 0 unspecified atom stereocenters. The van der Waals surface area contributed by atoms with Crippen LogP contribution in [0.25, 0.3) is 21.9 Å². The van der Waals surface area contributed by atoms with Crippen LogP contribution in [0.5, 0.6) is 0 Å². The number of piperidine rings is 1. The minimum absolute atomic E-state index is 0.309. The van der Waals surface area contributed by atoms with Gasteiger partial charge in [0.2, 0.25) is 0 Å². The molecule has 0 atom stereocenters. The monoisotopic (exact) mass is 452 g/mol. The molecule has 1 saturated heterocycles. The molecule has 0 saturated carbocycles. The van der Waals surface area contributed by atoms with E-state index in [4.69, 9.17) is 5.73 Å². The lowest BCUT2D eigenvalue weighted by Crippen LogP contribution is -2.39. The van der Waals surface area contributed by atoms with E-state index in [2.05, 4.69) is 43.7 Å². The first-order chi connectivity index (χ1) is 16.6. The number of fused-ring (bicyclic) bond motifs is 1. The Hall–Kier alpha value is -3.81. The first-order valence-electron chi connectivity index (χ1n) is 11.6. The highest BCUT2D eigenvalue weighted by atomic mass is 16.2. The Labute approximate surface area is 199 Å². The van der Waals surface area contributed by atoms with Gasteiger partial charge in [-0.25, -0.2) is 4.79 Å². The fourth-order valence-electron chi connectivity index (χ4n) is 4.37. The molecule has 4 aromatic rings. The van der Waals surface area contributed by atoms with E-state index < -0.39 is 0 Å². The van der Waals surface area contributed by atoms with Crippen LogP contribution in [0, 0.1) is 0 Å². The predicted molar refractivity (Wildman–Crippen MR) is 137 cm³/mol. The highest BCUT2D eigenvalue weighted by molar-refractivity contribution is 6.00. The van der Waals surface area contributed by atoms with Gasteiger partial charge < -0.3 is 16.4 Å². The second-order valence-corrected chi connectivity index (χ2v) is 8.75. The third-order valence-corrected chi connectivity index (χ3v) is 6.24. The molecule has 4 N–H and O–H groups in total. The van der Waals surface area contributed by atoms with Crippen LogP contribution in [0.1, 0.15) is 18.4 Å². The lowest BCUT2D eigenvalue weighted by Gasteiger charge is -2.30. The number of carbonyl (C=O) groups excluding carboxylic acids is 1. The van der Waals surface area contributed by atoms with Crippen molar-refractivity contribution >= 4 is 28.2 Å². The molecule has 2 amide bonds. The molecular formula is C27H28N6O. The molecule has 1 fully saturated rings. The molecule has 0 bridgehead atoms. The number of nitrogens with two attached hydrogens (primary N) is 1. The maximum Gasteiger partial charge on any atom is 0.323 e. The zero-order chi connectivity index (χ0) is 23.3. The molecule has 2 aromatic carbocycles. The van der Waals surface area contributed by atoms with E-state index in [1.54, 1.807) is 24.5 Å². The van der Waals surface area contributed by atoms with Crippen molar-refractivity contribution in [1.29, 1.82) is 0 Å². The third-order valence-electron chi connectivity index (χ3n) is 6.24. The van der Waals surface area contributed by atoms with Crippen molar-refractivity contribution in [2.45, 2.75) is 25.4 Å². The van der Waals surface area contributed by atoms with Gasteiger partial charge in [-0.1, -0.05) is 24.3 Å². The van der Waals surface area contributed by atoms with Crippen LogP contribution in [0.3, 0.4) is 0 Å². The fraction of sp³-hybridized carbons (Fsp3) is 0.222. The molecular weight excluding hydrogens is 424 g/mol. The van der Waals surface area contributed by atoms with E-state index in [9.17, 15) is 4.79 Å². The molecule has 0 radical (unpaired) electrons. The number of aromatic nitrogens is 2. The van der Waals surface area contributed by atoms with Gasteiger partial charge in [0.05, 0.1) is 11.9 Å². The number of hydrogen-bond donors (Lipinski definition) is 3. The van der Waals surface area contributed by atoms with Gasteiger partial charge in [-0.2, -0.15) is 0 Å². The molecule has 0 spiro atoms. The second kappa shape index (κ2) is 9.99. The number of nitrogens with one attached hydrogen (secondary N) is 2. The van der Waals surface area contributed by atoms with Crippen LogP contribution in [0.2, 0.25) is 0 Å². The van der Waals surface area contributed by atoms with Crippen LogP contribution in [-0.4, -0.2) is 40.0 Å². The van der Waals surface area contributed by atoms with Crippen molar-refractivity contribution in [3.63, 3.8) is 0 Å². The number of likely N-dealkylation sites (tertiary alicyclic amines) is 1. The van der Waals surface area contributed by atoms with Crippen LogP contribution in [0.15, 0.2) is 79.4 Å². The van der Waals surface area contributed by atoms with Gasteiger partial charge in [-0.3, -0.25) is 14.9 Å². The second-order valence-electron chi connectivity index (χ2n) is 8.75. The third kappa shape index (κ3) is 5.22. The Morgan fingerprint density at radius 2 is 1.74 bits per heavy atom. The molecule has 0 aliphatic carbocycles.